The first-order valence-corrected chi connectivity index (χ1v) is 8.86. The van der Waals surface area contributed by atoms with Crippen molar-refractivity contribution in [2.45, 2.75) is 11.3 Å². The molecule has 0 saturated carbocycles. The van der Waals surface area contributed by atoms with Crippen LogP contribution in [-0.2, 0) is 16.4 Å². The standard InChI is InChI=1S/C14H15N3O2S2/c15-11-1-2-13-12(7-11)14(8-16-13)21(18,19)17-5-3-10-4-6-20-9-10/h1-2,4,6-9,16-17H,3,5,15H2. The van der Waals surface area contributed by atoms with Gasteiger partial charge in [-0.2, -0.15) is 11.3 Å². The third-order valence-electron chi connectivity index (χ3n) is 3.24. The van der Waals surface area contributed by atoms with Crippen LogP contribution < -0.4 is 10.5 Å². The van der Waals surface area contributed by atoms with Gasteiger partial charge in [-0.3, -0.25) is 0 Å². The molecule has 1 aromatic carbocycles. The van der Waals surface area contributed by atoms with Crippen LogP contribution in [0.1, 0.15) is 5.56 Å². The van der Waals surface area contributed by atoms with Gasteiger partial charge >= 0.3 is 0 Å². The third kappa shape index (κ3) is 2.94. The molecule has 0 saturated heterocycles. The molecule has 0 aliphatic heterocycles. The van der Waals surface area contributed by atoms with Gasteiger partial charge in [-0.25, -0.2) is 13.1 Å². The summed E-state index contributed by atoms with van der Waals surface area (Å²) in [6.45, 7) is 0.369. The highest BCUT2D eigenvalue weighted by atomic mass is 32.2. The van der Waals surface area contributed by atoms with Crippen LogP contribution in [0, 0.1) is 0 Å². The summed E-state index contributed by atoms with van der Waals surface area (Å²) >= 11 is 1.60. The highest BCUT2D eigenvalue weighted by Crippen LogP contribution is 2.24. The molecular formula is C14H15N3O2S2. The quantitative estimate of drug-likeness (QED) is 0.630. The second-order valence-corrected chi connectivity index (χ2v) is 7.25. The average molecular weight is 321 g/mol. The predicted octanol–water partition coefficient (Wildman–Crippen LogP) is 2.33. The minimum atomic E-state index is -3.55. The Hall–Kier alpha value is -1.83. The number of aromatic amines is 1. The Morgan fingerprint density at radius 2 is 2.14 bits per heavy atom. The van der Waals surface area contributed by atoms with E-state index < -0.39 is 10.0 Å². The molecule has 0 spiro atoms. The van der Waals surface area contributed by atoms with Crippen LogP contribution in [0.4, 0.5) is 5.69 Å². The summed E-state index contributed by atoms with van der Waals surface area (Å²) in [5.74, 6) is 0. The molecular weight excluding hydrogens is 306 g/mol. The Morgan fingerprint density at radius 1 is 1.29 bits per heavy atom. The molecule has 0 unspecified atom stereocenters. The zero-order chi connectivity index (χ0) is 14.9. The number of hydrogen-bond donors (Lipinski definition) is 3. The molecule has 4 N–H and O–H groups in total. The molecule has 110 valence electrons. The van der Waals surface area contributed by atoms with Crippen molar-refractivity contribution >= 4 is 38.0 Å². The second kappa shape index (κ2) is 5.51. The monoisotopic (exact) mass is 321 g/mol. The van der Waals surface area contributed by atoms with Crippen molar-refractivity contribution in [1.82, 2.24) is 9.71 Å². The van der Waals surface area contributed by atoms with E-state index >= 15 is 0 Å². The third-order valence-corrected chi connectivity index (χ3v) is 5.48. The lowest BCUT2D eigenvalue weighted by molar-refractivity contribution is 0.582. The number of hydrogen-bond acceptors (Lipinski definition) is 4. The van der Waals surface area contributed by atoms with E-state index in [1.165, 1.54) is 6.20 Å². The summed E-state index contributed by atoms with van der Waals surface area (Å²) in [6.07, 6.45) is 2.17. The number of H-pyrrole nitrogens is 1. The maximum absolute atomic E-state index is 12.4. The van der Waals surface area contributed by atoms with Crippen molar-refractivity contribution in [1.29, 1.82) is 0 Å². The summed E-state index contributed by atoms with van der Waals surface area (Å²) in [5.41, 5.74) is 8.15. The van der Waals surface area contributed by atoms with E-state index in [2.05, 4.69) is 9.71 Å². The van der Waals surface area contributed by atoms with Crippen molar-refractivity contribution in [3.8, 4) is 0 Å². The molecule has 5 nitrogen and oxygen atoms in total. The molecule has 7 heteroatoms. The van der Waals surface area contributed by atoms with E-state index in [0.29, 0.717) is 24.0 Å². The fourth-order valence-corrected chi connectivity index (χ4v) is 4.08. The van der Waals surface area contributed by atoms with Gasteiger partial charge in [0.15, 0.2) is 0 Å². The first-order chi connectivity index (χ1) is 10.1. The van der Waals surface area contributed by atoms with Crippen molar-refractivity contribution in [2.75, 3.05) is 12.3 Å². The average Bonchev–Trinajstić information content (AvgIpc) is 3.07. The fraction of sp³-hybridized carbons (Fsp3) is 0.143. The van der Waals surface area contributed by atoms with Crippen LogP contribution in [0.2, 0.25) is 0 Å². The molecule has 0 radical (unpaired) electrons. The number of nitrogens with two attached hydrogens (primary N) is 1. The number of fused-ring (bicyclic) bond motifs is 1. The first kappa shape index (κ1) is 14.1. The van der Waals surface area contributed by atoms with Crippen molar-refractivity contribution in [3.63, 3.8) is 0 Å². The first-order valence-electron chi connectivity index (χ1n) is 6.43. The zero-order valence-corrected chi connectivity index (χ0v) is 12.8. The molecule has 0 amide bonds. The van der Waals surface area contributed by atoms with E-state index in [4.69, 9.17) is 5.73 Å². The number of sulfonamides is 1. The molecule has 0 fully saturated rings. The Morgan fingerprint density at radius 3 is 2.90 bits per heavy atom. The summed E-state index contributed by atoms with van der Waals surface area (Å²) in [5, 5.41) is 4.60. The molecule has 3 aromatic rings. The molecule has 0 bridgehead atoms. The number of benzene rings is 1. The van der Waals surface area contributed by atoms with Crippen LogP contribution in [0.5, 0.6) is 0 Å². The van der Waals surface area contributed by atoms with Crippen molar-refractivity contribution in [2.24, 2.45) is 0 Å². The second-order valence-electron chi connectivity index (χ2n) is 4.74. The van der Waals surface area contributed by atoms with Gasteiger partial charge < -0.3 is 10.7 Å². The smallest absolute Gasteiger partial charge is 0.242 e. The highest BCUT2D eigenvalue weighted by Gasteiger charge is 2.18. The lowest BCUT2D eigenvalue weighted by atomic mass is 10.2. The van der Waals surface area contributed by atoms with Gasteiger partial charge in [-0.15, -0.1) is 0 Å². The van der Waals surface area contributed by atoms with Gasteiger partial charge in [0.05, 0.1) is 0 Å². The minimum absolute atomic E-state index is 0.232. The summed E-state index contributed by atoms with van der Waals surface area (Å²) in [7, 11) is -3.55. The molecule has 0 atom stereocenters. The van der Waals surface area contributed by atoms with Gasteiger partial charge in [0.25, 0.3) is 0 Å². The maximum Gasteiger partial charge on any atom is 0.242 e. The number of nitrogen functional groups attached to an aromatic ring is 1. The molecule has 0 aliphatic rings. The van der Waals surface area contributed by atoms with Gasteiger partial charge in [0.1, 0.15) is 4.90 Å². The number of aromatic nitrogens is 1. The van der Waals surface area contributed by atoms with Gasteiger partial charge in [0, 0.05) is 29.3 Å². The van der Waals surface area contributed by atoms with Gasteiger partial charge in [0.2, 0.25) is 10.0 Å². The number of nitrogens with one attached hydrogen (secondary N) is 2. The lowest BCUT2D eigenvalue weighted by Crippen LogP contribution is -2.25. The number of anilines is 1. The lowest BCUT2D eigenvalue weighted by Gasteiger charge is -2.05. The van der Waals surface area contributed by atoms with Crippen molar-refractivity contribution in [3.05, 3.63) is 46.8 Å². The predicted molar refractivity (Wildman–Crippen MR) is 85.9 cm³/mol. The minimum Gasteiger partial charge on any atom is -0.399 e. The van der Waals surface area contributed by atoms with E-state index in [0.717, 1.165) is 11.1 Å². The normalized spacial score (nSPS) is 12.0. The molecule has 3 rings (SSSR count). The Bertz CT molecular complexity index is 852. The largest absolute Gasteiger partial charge is 0.399 e. The van der Waals surface area contributed by atoms with Crippen LogP contribution in [-0.4, -0.2) is 19.9 Å². The molecule has 21 heavy (non-hydrogen) atoms. The van der Waals surface area contributed by atoms with Crippen LogP contribution in [0.25, 0.3) is 10.9 Å². The Balaban J connectivity index is 1.81. The van der Waals surface area contributed by atoms with Crippen molar-refractivity contribution < 1.29 is 8.42 Å². The Labute approximate surface area is 126 Å². The van der Waals surface area contributed by atoms with E-state index in [1.807, 2.05) is 16.8 Å². The summed E-state index contributed by atoms with van der Waals surface area (Å²) in [6, 6.07) is 7.17. The number of rotatable bonds is 5. The van der Waals surface area contributed by atoms with Gasteiger partial charge in [-0.1, -0.05) is 0 Å². The zero-order valence-electron chi connectivity index (χ0n) is 11.2. The molecule has 2 heterocycles. The fourth-order valence-electron chi connectivity index (χ4n) is 2.18. The summed E-state index contributed by atoms with van der Waals surface area (Å²) in [4.78, 5) is 3.18. The van der Waals surface area contributed by atoms with E-state index in [1.54, 1.807) is 29.5 Å². The Kier molecular flexibility index (Phi) is 3.71. The molecule has 2 aromatic heterocycles. The number of thiophene rings is 1. The SMILES string of the molecule is Nc1ccc2[nH]cc(S(=O)(=O)NCCc3ccsc3)c2c1. The van der Waals surface area contributed by atoms with Crippen LogP contribution in [0.15, 0.2) is 46.1 Å². The van der Waals surface area contributed by atoms with Crippen LogP contribution in [0.3, 0.4) is 0 Å². The highest BCUT2D eigenvalue weighted by molar-refractivity contribution is 7.89. The maximum atomic E-state index is 12.4. The van der Waals surface area contributed by atoms with E-state index in [-0.39, 0.29) is 4.90 Å². The van der Waals surface area contributed by atoms with Gasteiger partial charge in [-0.05, 0) is 47.0 Å². The summed E-state index contributed by atoms with van der Waals surface area (Å²) < 4.78 is 27.4. The topological polar surface area (TPSA) is 88.0 Å². The van der Waals surface area contributed by atoms with E-state index in [9.17, 15) is 8.42 Å². The molecule has 0 aliphatic carbocycles. The van der Waals surface area contributed by atoms with Crippen LogP contribution >= 0.6 is 11.3 Å².